The van der Waals surface area contributed by atoms with E-state index in [9.17, 15) is 9.59 Å². The van der Waals surface area contributed by atoms with Gasteiger partial charge in [-0.25, -0.2) is 4.98 Å². The van der Waals surface area contributed by atoms with Crippen molar-refractivity contribution < 1.29 is 4.79 Å². The molecule has 2 aromatic heterocycles. The van der Waals surface area contributed by atoms with Crippen molar-refractivity contribution >= 4 is 44.9 Å². The van der Waals surface area contributed by atoms with Gasteiger partial charge in [-0.05, 0) is 36.2 Å². The molecule has 0 bridgehead atoms. The number of piperazine rings is 1. The highest BCUT2D eigenvalue weighted by atomic mass is 32.2. The summed E-state index contributed by atoms with van der Waals surface area (Å²) in [4.78, 5) is 36.5. The molecular formula is C26H26N4O2S2. The molecule has 4 aromatic rings. The zero-order chi connectivity index (χ0) is 23.7. The number of nitrogens with zero attached hydrogens (tertiary/aromatic N) is 4. The van der Waals surface area contributed by atoms with Crippen LogP contribution in [0.15, 0.2) is 70.6 Å². The van der Waals surface area contributed by atoms with Gasteiger partial charge in [-0.1, -0.05) is 54.2 Å². The van der Waals surface area contributed by atoms with Crippen LogP contribution < -0.4 is 10.5 Å². The van der Waals surface area contributed by atoms with Crippen LogP contribution in [-0.2, 0) is 11.8 Å². The Labute approximate surface area is 206 Å². The summed E-state index contributed by atoms with van der Waals surface area (Å²) in [5, 5.41) is 1.19. The maximum absolute atomic E-state index is 13.0. The molecule has 0 N–H and O–H groups in total. The minimum absolute atomic E-state index is 0.0786. The van der Waals surface area contributed by atoms with Gasteiger partial charge in [0.05, 0.1) is 11.1 Å². The first-order valence-corrected chi connectivity index (χ1v) is 13.1. The third-order valence-corrected chi connectivity index (χ3v) is 8.21. The quantitative estimate of drug-likeness (QED) is 0.306. The lowest BCUT2D eigenvalue weighted by Gasteiger charge is -2.36. The molecule has 3 heterocycles. The van der Waals surface area contributed by atoms with Gasteiger partial charge in [0.1, 0.15) is 4.83 Å². The molecule has 6 nitrogen and oxygen atoms in total. The lowest BCUT2D eigenvalue weighted by Crippen LogP contribution is -2.49. The second kappa shape index (κ2) is 9.64. The van der Waals surface area contributed by atoms with E-state index in [0.717, 1.165) is 23.5 Å². The second-order valence-corrected chi connectivity index (χ2v) is 10.4. The van der Waals surface area contributed by atoms with Crippen LogP contribution in [0.5, 0.6) is 0 Å². The van der Waals surface area contributed by atoms with E-state index < -0.39 is 0 Å². The summed E-state index contributed by atoms with van der Waals surface area (Å²) in [6.45, 7) is 5.13. The van der Waals surface area contributed by atoms with Crippen LogP contribution in [-0.4, -0.2) is 52.3 Å². The predicted molar refractivity (Wildman–Crippen MR) is 141 cm³/mol. The molecule has 34 heavy (non-hydrogen) atoms. The highest BCUT2D eigenvalue weighted by Crippen LogP contribution is 2.32. The van der Waals surface area contributed by atoms with Crippen LogP contribution in [0.25, 0.3) is 20.7 Å². The van der Waals surface area contributed by atoms with Crippen molar-refractivity contribution in [3.63, 3.8) is 0 Å². The minimum Gasteiger partial charge on any atom is -0.368 e. The largest absolute Gasteiger partial charge is 0.368 e. The van der Waals surface area contributed by atoms with Crippen molar-refractivity contribution in [3.05, 3.63) is 76.6 Å². The first kappa shape index (κ1) is 22.7. The number of carbonyl (C=O) groups excluding carboxylic acids is 1. The normalized spacial score (nSPS) is 14.1. The van der Waals surface area contributed by atoms with Crippen LogP contribution in [0.2, 0.25) is 0 Å². The van der Waals surface area contributed by atoms with Crippen LogP contribution in [0.3, 0.4) is 0 Å². The Kier molecular flexibility index (Phi) is 6.43. The van der Waals surface area contributed by atoms with Crippen LogP contribution in [0, 0.1) is 6.92 Å². The Bertz CT molecular complexity index is 1390. The molecule has 1 aliphatic rings. The third-order valence-electron chi connectivity index (χ3n) is 6.11. The van der Waals surface area contributed by atoms with E-state index in [4.69, 9.17) is 4.98 Å². The van der Waals surface area contributed by atoms with Crippen molar-refractivity contribution in [1.82, 2.24) is 14.5 Å². The molecule has 5 rings (SSSR count). The molecule has 174 valence electrons. The Morgan fingerprint density at radius 2 is 1.79 bits per heavy atom. The number of amides is 1. The zero-order valence-electron chi connectivity index (χ0n) is 19.2. The Morgan fingerprint density at radius 3 is 2.53 bits per heavy atom. The van der Waals surface area contributed by atoms with Crippen LogP contribution in [0.1, 0.15) is 5.56 Å². The van der Waals surface area contributed by atoms with E-state index in [2.05, 4.69) is 36.1 Å². The summed E-state index contributed by atoms with van der Waals surface area (Å²) in [6, 6.07) is 20.4. The number of anilines is 1. The summed E-state index contributed by atoms with van der Waals surface area (Å²) in [7, 11) is 1.72. The lowest BCUT2D eigenvalue weighted by atomic mass is 10.2. The van der Waals surface area contributed by atoms with Crippen molar-refractivity contribution in [2.45, 2.75) is 12.1 Å². The Balaban J connectivity index is 1.25. The van der Waals surface area contributed by atoms with Crippen molar-refractivity contribution in [2.75, 3.05) is 36.8 Å². The van der Waals surface area contributed by atoms with Gasteiger partial charge in [0.25, 0.3) is 5.56 Å². The molecule has 1 aliphatic heterocycles. The van der Waals surface area contributed by atoms with Gasteiger partial charge in [-0.15, -0.1) is 11.3 Å². The summed E-state index contributed by atoms with van der Waals surface area (Å²) in [5.41, 5.74) is 3.44. The van der Waals surface area contributed by atoms with Crippen molar-refractivity contribution in [1.29, 1.82) is 0 Å². The minimum atomic E-state index is -0.0786. The molecule has 0 spiro atoms. The Hall–Kier alpha value is -3.10. The summed E-state index contributed by atoms with van der Waals surface area (Å²) in [5.74, 6) is 0.354. The van der Waals surface area contributed by atoms with Gasteiger partial charge in [0.2, 0.25) is 5.91 Å². The van der Waals surface area contributed by atoms with E-state index in [1.165, 1.54) is 34.3 Å². The monoisotopic (exact) mass is 490 g/mol. The summed E-state index contributed by atoms with van der Waals surface area (Å²) < 4.78 is 1.55. The lowest BCUT2D eigenvalue weighted by molar-refractivity contribution is -0.128. The number of hydrogen-bond acceptors (Lipinski definition) is 6. The molecule has 0 atom stereocenters. The second-order valence-electron chi connectivity index (χ2n) is 8.45. The number of aryl methyl sites for hydroxylation is 1. The topological polar surface area (TPSA) is 58.4 Å². The molecule has 0 saturated carbocycles. The van der Waals surface area contributed by atoms with Crippen LogP contribution >= 0.6 is 23.1 Å². The van der Waals surface area contributed by atoms with E-state index in [-0.39, 0.29) is 17.2 Å². The number of fused-ring (bicyclic) bond motifs is 1. The average Bonchev–Trinajstić information content (AvgIpc) is 3.30. The zero-order valence-corrected chi connectivity index (χ0v) is 20.9. The van der Waals surface area contributed by atoms with Gasteiger partial charge >= 0.3 is 0 Å². The van der Waals surface area contributed by atoms with E-state index in [1.807, 2.05) is 41.3 Å². The molecule has 1 saturated heterocycles. The summed E-state index contributed by atoms with van der Waals surface area (Å²) in [6.07, 6.45) is 0. The maximum Gasteiger partial charge on any atom is 0.262 e. The number of thiophene rings is 1. The number of aromatic nitrogens is 2. The number of benzene rings is 2. The fraction of sp³-hybridized carbons (Fsp3) is 0.269. The third kappa shape index (κ3) is 4.60. The van der Waals surface area contributed by atoms with Crippen LogP contribution in [0.4, 0.5) is 5.69 Å². The molecule has 2 aromatic carbocycles. The van der Waals surface area contributed by atoms with E-state index in [0.29, 0.717) is 28.5 Å². The maximum atomic E-state index is 13.0. The highest BCUT2D eigenvalue weighted by molar-refractivity contribution is 7.99. The predicted octanol–water partition coefficient (Wildman–Crippen LogP) is 4.41. The Morgan fingerprint density at radius 1 is 1.03 bits per heavy atom. The number of hydrogen-bond donors (Lipinski definition) is 0. The molecule has 1 amide bonds. The standard InChI is InChI=1S/C26H26N4O2S2/c1-18-7-6-10-20(15-18)29-11-13-30(14-12-29)23(31)17-33-26-27-24-21(25(32)28(26)2)16-22(34-24)19-8-4-3-5-9-19/h3-10,15-16H,11-14,17H2,1-2H3. The van der Waals surface area contributed by atoms with E-state index in [1.54, 1.807) is 11.6 Å². The first-order valence-electron chi connectivity index (χ1n) is 11.3. The summed E-state index contributed by atoms with van der Waals surface area (Å²) >= 11 is 2.85. The van der Waals surface area contributed by atoms with Gasteiger partial charge in [-0.2, -0.15) is 0 Å². The van der Waals surface area contributed by atoms with E-state index >= 15 is 0 Å². The fourth-order valence-corrected chi connectivity index (χ4v) is 6.13. The highest BCUT2D eigenvalue weighted by Gasteiger charge is 2.22. The van der Waals surface area contributed by atoms with Gasteiger partial charge in [0, 0.05) is 43.8 Å². The van der Waals surface area contributed by atoms with Crippen molar-refractivity contribution in [2.24, 2.45) is 7.05 Å². The fourth-order valence-electron chi connectivity index (χ4n) is 4.18. The molecule has 0 radical (unpaired) electrons. The number of thioether (sulfide) groups is 1. The molecular weight excluding hydrogens is 464 g/mol. The van der Waals surface area contributed by atoms with Gasteiger partial charge < -0.3 is 9.80 Å². The SMILES string of the molecule is Cc1cccc(N2CCN(C(=O)CSc3nc4sc(-c5ccccc5)cc4c(=O)n3C)CC2)c1. The molecule has 8 heteroatoms. The first-order chi connectivity index (χ1) is 16.5. The van der Waals surface area contributed by atoms with Gasteiger partial charge in [0.15, 0.2) is 5.16 Å². The number of rotatable bonds is 5. The average molecular weight is 491 g/mol. The number of carbonyl (C=O) groups is 1. The van der Waals surface area contributed by atoms with Crippen molar-refractivity contribution in [3.8, 4) is 10.4 Å². The molecule has 0 aliphatic carbocycles. The smallest absolute Gasteiger partial charge is 0.262 e. The van der Waals surface area contributed by atoms with Gasteiger partial charge in [-0.3, -0.25) is 14.2 Å². The molecule has 1 fully saturated rings. The molecule has 0 unspecified atom stereocenters.